The molecule has 0 aliphatic carbocycles. The van der Waals surface area contributed by atoms with E-state index in [4.69, 9.17) is 4.74 Å². The number of nitrogens with one attached hydrogen (secondary N) is 2. The number of morpholine rings is 1. The summed E-state index contributed by atoms with van der Waals surface area (Å²) in [5.74, 6) is 0. The smallest absolute Gasteiger partial charge is 0.208 e. The summed E-state index contributed by atoms with van der Waals surface area (Å²) in [7, 11) is -3.07. The fourth-order valence-corrected chi connectivity index (χ4v) is 1.51. The van der Waals surface area contributed by atoms with Gasteiger partial charge in [0.25, 0.3) is 0 Å². The second-order valence-corrected chi connectivity index (χ2v) is 4.68. The first kappa shape index (κ1) is 9.91. The van der Waals surface area contributed by atoms with Gasteiger partial charge < -0.3 is 10.1 Å². The van der Waals surface area contributed by atoms with Crippen molar-refractivity contribution in [1.29, 1.82) is 0 Å². The molecule has 72 valence electrons. The molecular weight excluding hydrogens is 180 g/mol. The van der Waals surface area contributed by atoms with Crippen LogP contribution in [0, 0.1) is 0 Å². The standard InChI is InChI=1S/C6H14N2O3S/c1-12(9,10)8-4-6-5-11-3-2-7-6/h6-8H,2-5H2,1H3/t6-/m0/s1. The quantitative estimate of drug-likeness (QED) is 0.575. The predicted octanol–water partition coefficient (Wildman–Crippen LogP) is -1.48. The van der Waals surface area contributed by atoms with Gasteiger partial charge in [-0.1, -0.05) is 0 Å². The molecule has 1 heterocycles. The maximum Gasteiger partial charge on any atom is 0.208 e. The third-order valence-electron chi connectivity index (χ3n) is 1.59. The van der Waals surface area contributed by atoms with E-state index in [1.54, 1.807) is 0 Å². The first-order valence-electron chi connectivity index (χ1n) is 3.84. The molecule has 1 atom stereocenters. The van der Waals surface area contributed by atoms with Crippen LogP contribution in [0.5, 0.6) is 0 Å². The van der Waals surface area contributed by atoms with Gasteiger partial charge in [-0.2, -0.15) is 0 Å². The highest BCUT2D eigenvalue weighted by molar-refractivity contribution is 7.88. The minimum Gasteiger partial charge on any atom is -0.378 e. The van der Waals surface area contributed by atoms with Crippen molar-refractivity contribution in [2.24, 2.45) is 0 Å². The fraction of sp³-hybridized carbons (Fsp3) is 1.00. The van der Waals surface area contributed by atoms with E-state index >= 15 is 0 Å². The van der Waals surface area contributed by atoms with Crippen molar-refractivity contribution in [2.45, 2.75) is 6.04 Å². The molecule has 0 amide bonds. The van der Waals surface area contributed by atoms with Crippen molar-refractivity contribution in [3.63, 3.8) is 0 Å². The van der Waals surface area contributed by atoms with Crippen molar-refractivity contribution in [2.75, 3.05) is 32.6 Å². The lowest BCUT2D eigenvalue weighted by atomic mass is 10.3. The SMILES string of the molecule is CS(=O)(=O)NC[C@H]1COCCN1. The Labute approximate surface area is 72.5 Å². The molecule has 0 aromatic rings. The number of rotatable bonds is 3. The molecule has 6 heteroatoms. The molecule has 0 saturated carbocycles. The van der Waals surface area contributed by atoms with Gasteiger partial charge in [0, 0.05) is 19.1 Å². The van der Waals surface area contributed by atoms with Crippen molar-refractivity contribution >= 4 is 10.0 Å². The van der Waals surface area contributed by atoms with E-state index in [0.29, 0.717) is 19.8 Å². The molecule has 1 rings (SSSR count). The van der Waals surface area contributed by atoms with Crippen LogP contribution in [0.25, 0.3) is 0 Å². The van der Waals surface area contributed by atoms with E-state index in [9.17, 15) is 8.42 Å². The van der Waals surface area contributed by atoms with E-state index in [1.807, 2.05) is 0 Å². The second-order valence-electron chi connectivity index (χ2n) is 2.85. The van der Waals surface area contributed by atoms with E-state index in [0.717, 1.165) is 12.8 Å². The molecule has 0 radical (unpaired) electrons. The Bertz CT molecular complexity index is 221. The number of sulfonamides is 1. The van der Waals surface area contributed by atoms with Crippen LogP contribution in [0.2, 0.25) is 0 Å². The molecule has 1 fully saturated rings. The first-order chi connectivity index (χ1) is 5.58. The van der Waals surface area contributed by atoms with Gasteiger partial charge in [0.2, 0.25) is 10.0 Å². The summed E-state index contributed by atoms with van der Waals surface area (Å²) in [6.07, 6.45) is 1.15. The van der Waals surface area contributed by atoms with Gasteiger partial charge >= 0.3 is 0 Å². The topological polar surface area (TPSA) is 67.4 Å². The lowest BCUT2D eigenvalue weighted by Gasteiger charge is -2.23. The summed E-state index contributed by atoms with van der Waals surface area (Å²) < 4.78 is 29.0. The summed E-state index contributed by atoms with van der Waals surface area (Å²) in [4.78, 5) is 0. The molecule has 0 spiro atoms. The van der Waals surface area contributed by atoms with Crippen LogP contribution in [0.4, 0.5) is 0 Å². The highest BCUT2D eigenvalue weighted by Gasteiger charge is 2.13. The van der Waals surface area contributed by atoms with Gasteiger partial charge in [-0.3, -0.25) is 0 Å². The summed E-state index contributed by atoms with van der Waals surface area (Å²) in [6, 6.07) is 0.105. The Morgan fingerprint density at radius 1 is 1.67 bits per heavy atom. The molecule has 1 saturated heterocycles. The normalized spacial score (nSPS) is 25.6. The lowest BCUT2D eigenvalue weighted by Crippen LogP contribution is -2.48. The van der Waals surface area contributed by atoms with Gasteiger partial charge in [0.1, 0.15) is 0 Å². The molecule has 1 aliphatic rings. The fourth-order valence-electron chi connectivity index (χ4n) is 1.00. The zero-order valence-electron chi connectivity index (χ0n) is 7.04. The highest BCUT2D eigenvalue weighted by Crippen LogP contribution is 1.91. The zero-order chi connectivity index (χ0) is 9.03. The molecule has 0 aromatic heterocycles. The molecule has 12 heavy (non-hydrogen) atoms. The third-order valence-corrected chi connectivity index (χ3v) is 2.28. The monoisotopic (exact) mass is 194 g/mol. The average Bonchev–Trinajstić information content (AvgIpc) is 2.02. The maximum atomic E-state index is 10.7. The van der Waals surface area contributed by atoms with E-state index in [2.05, 4.69) is 10.0 Å². The minimum atomic E-state index is -3.07. The summed E-state index contributed by atoms with van der Waals surface area (Å²) in [6.45, 7) is 2.47. The summed E-state index contributed by atoms with van der Waals surface area (Å²) in [5, 5.41) is 3.14. The summed E-state index contributed by atoms with van der Waals surface area (Å²) >= 11 is 0. The maximum absolute atomic E-state index is 10.7. The Balaban J connectivity index is 2.22. The lowest BCUT2D eigenvalue weighted by molar-refractivity contribution is 0.0784. The molecule has 0 unspecified atom stereocenters. The van der Waals surface area contributed by atoms with Gasteiger partial charge in [0.15, 0.2) is 0 Å². The summed E-state index contributed by atoms with van der Waals surface area (Å²) in [5.41, 5.74) is 0. The zero-order valence-corrected chi connectivity index (χ0v) is 7.86. The molecule has 0 aromatic carbocycles. The average molecular weight is 194 g/mol. The molecule has 2 N–H and O–H groups in total. The van der Waals surface area contributed by atoms with E-state index in [-0.39, 0.29) is 6.04 Å². The first-order valence-corrected chi connectivity index (χ1v) is 5.73. The number of hydrogen-bond acceptors (Lipinski definition) is 4. The van der Waals surface area contributed by atoms with Crippen molar-refractivity contribution in [1.82, 2.24) is 10.0 Å². The van der Waals surface area contributed by atoms with Gasteiger partial charge in [0.05, 0.1) is 19.5 Å². The van der Waals surface area contributed by atoms with Gasteiger partial charge in [-0.05, 0) is 0 Å². The van der Waals surface area contributed by atoms with E-state index in [1.165, 1.54) is 0 Å². The highest BCUT2D eigenvalue weighted by atomic mass is 32.2. The minimum absolute atomic E-state index is 0.105. The van der Waals surface area contributed by atoms with Gasteiger partial charge in [-0.25, -0.2) is 13.1 Å². The predicted molar refractivity (Wildman–Crippen MR) is 45.5 cm³/mol. The molecular formula is C6H14N2O3S. The van der Waals surface area contributed by atoms with Crippen LogP contribution in [0.1, 0.15) is 0 Å². The van der Waals surface area contributed by atoms with E-state index < -0.39 is 10.0 Å². The van der Waals surface area contributed by atoms with Crippen molar-refractivity contribution < 1.29 is 13.2 Å². The van der Waals surface area contributed by atoms with Crippen molar-refractivity contribution in [3.8, 4) is 0 Å². The molecule has 5 nitrogen and oxygen atoms in total. The number of hydrogen-bond donors (Lipinski definition) is 2. The van der Waals surface area contributed by atoms with Crippen LogP contribution < -0.4 is 10.0 Å². The van der Waals surface area contributed by atoms with Crippen LogP contribution in [0.3, 0.4) is 0 Å². The molecule has 0 bridgehead atoms. The largest absolute Gasteiger partial charge is 0.378 e. The Kier molecular flexibility index (Phi) is 3.45. The number of ether oxygens (including phenoxy) is 1. The Morgan fingerprint density at radius 2 is 2.42 bits per heavy atom. The Hall–Kier alpha value is -0.170. The van der Waals surface area contributed by atoms with Crippen LogP contribution >= 0.6 is 0 Å². The van der Waals surface area contributed by atoms with Gasteiger partial charge in [-0.15, -0.1) is 0 Å². The third kappa shape index (κ3) is 4.01. The van der Waals surface area contributed by atoms with Crippen LogP contribution in [-0.4, -0.2) is 47.0 Å². The molecule has 1 aliphatic heterocycles. The van der Waals surface area contributed by atoms with Crippen molar-refractivity contribution in [3.05, 3.63) is 0 Å². The second kappa shape index (κ2) is 4.18. The van der Waals surface area contributed by atoms with Crippen LogP contribution in [-0.2, 0) is 14.8 Å². The van der Waals surface area contributed by atoms with Crippen LogP contribution in [0.15, 0.2) is 0 Å². The Morgan fingerprint density at radius 3 is 2.92 bits per heavy atom.